The van der Waals surface area contributed by atoms with E-state index in [4.69, 9.17) is 5.10 Å². The maximum Gasteiger partial charge on any atom is 0.146 e. The molecule has 0 saturated carbocycles. The van der Waals surface area contributed by atoms with Crippen LogP contribution < -0.4 is 5.43 Å². The largest absolute Gasteiger partial charge is 0.264 e. The third-order valence-electron chi connectivity index (χ3n) is 3.75. The molecule has 0 aliphatic carbocycles. The molecule has 0 unspecified atom stereocenters. The first-order valence-electron chi connectivity index (χ1n) is 8.16. The summed E-state index contributed by atoms with van der Waals surface area (Å²) < 4.78 is 1.84. The fraction of sp³-hybridized carbons (Fsp3) is 0. The predicted molar refractivity (Wildman–Crippen MR) is 102 cm³/mol. The Morgan fingerprint density at radius 3 is 2.58 bits per heavy atom. The summed E-state index contributed by atoms with van der Waals surface area (Å²) >= 11 is 0. The molecule has 6 nitrogen and oxygen atoms in total. The van der Waals surface area contributed by atoms with Gasteiger partial charge in [-0.25, -0.2) is 9.67 Å². The zero-order chi connectivity index (χ0) is 17.6. The van der Waals surface area contributed by atoms with Crippen molar-refractivity contribution in [2.75, 3.05) is 5.43 Å². The average Bonchev–Trinajstić information content (AvgIpc) is 3.14. The number of rotatable bonds is 5. The average molecular weight is 340 g/mol. The maximum absolute atomic E-state index is 4.72. The Balaban J connectivity index is 1.69. The summed E-state index contributed by atoms with van der Waals surface area (Å²) in [6.07, 6.45) is 8.94. The SMILES string of the molecule is C(=N\Nc1ccccn1)/c1cn(-c2ccccc2)nc1-c1cccnc1. The lowest BCUT2D eigenvalue weighted by atomic mass is 10.1. The topological polar surface area (TPSA) is 68.0 Å². The third-order valence-corrected chi connectivity index (χ3v) is 3.75. The van der Waals surface area contributed by atoms with Crippen molar-refractivity contribution in [3.63, 3.8) is 0 Å². The van der Waals surface area contributed by atoms with E-state index in [1.165, 1.54) is 0 Å². The fourth-order valence-corrected chi connectivity index (χ4v) is 2.52. The number of hydrazone groups is 1. The molecule has 0 saturated heterocycles. The van der Waals surface area contributed by atoms with Crippen molar-refractivity contribution in [2.24, 2.45) is 5.10 Å². The molecule has 6 heteroatoms. The molecule has 3 aromatic heterocycles. The number of hydrogen-bond acceptors (Lipinski definition) is 5. The first kappa shape index (κ1) is 15.7. The minimum absolute atomic E-state index is 0.683. The van der Waals surface area contributed by atoms with Gasteiger partial charge in [0.15, 0.2) is 0 Å². The molecule has 0 bridgehead atoms. The van der Waals surface area contributed by atoms with Crippen molar-refractivity contribution in [1.29, 1.82) is 0 Å². The van der Waals surface area contributed by atoms with E-state index in [-0.39, 0.29) is 0 Å². The second kappa shape index (κ2) is 7.40. The first-order valence-corrected chi connectivity index (χ1v) is 8.16. The van der Waals surface area contributed by atoms with Gasteiger partial charge in [0.1, 0.15) is 11.5 Å². The van der Waals surface area contributed by atoms with Gasteiger partial charge in [0.25, 0.3) is 0 Å². The Hall–Kier alpha value is -3.80. The van der Waals surface area contributed by atoms with E-state index in [2.05, 4.69) is 20.5 Å². The van der Waals surface area contributed by atoms with Crippen LogP contribution in [0, 0.1) is 0 Å². The second-order valence-electron chi connectivity index (χ2n) is 5.54. The standard InChI is InChI=1S/C20H16N6/c1-2-8-18(9-3-1)26-15-17(14-23-24-19-10-4-5-12-22-19)20(25-26)16-7-6-11-21-13-16/h1-15H,(H,22,24)/b23-14+. The molecule has 0 fully saturated rings. The number of benzene rings is 1. The summed E-state index contributed by atoms with van der Waals surface area (Å²) in [6, 6.07) is 19.5. The van der Waals surface area contributed by atoms with Gasteiger partial charge >= 0.3 is 0 Å². The normalized spacial score (nSPS) is 10.9. The molecular weight excluding hydrogens is 324 g/mol. The third kappa shape index (κ3) is 3.49. The van der Waals surface area contributed by atoms with E-state index in [9.17, 15) is 0 Å². The van der Waals surface area contributed by atoms with Gasteiger partial charge in [-0.2, -0.15) is 10.2 Å². The minimum Gasteiger partial charge on any atom is -0.264 e. The van der Waals surface area contributed by atoms with Crippen molar-refractivity contribution in [3.05, 3.63) is 91.0 Å². The van der Waals surface area contributed by atoms with Gasteiger partial charge in [-0.3, -0.25) is 10.4 Å². The van der Waals surface area contributed by atoms with Crippen LogP contribution in [-0.4, -0.2) is 26.0 Å². The second-order valence-corrected chi connectivity index (χ2v) is 5.54. The highest BCUT2D eigenvalue weighted by Crippen LogP contribution is 2.21. The highest BCUT2D eigenvalue weighted by atomic mass is 15.3. The molecule has 126 valence electrons. The minimum atomic E-state index is 0.683. The molecule has 4 aromatic rings. The molecule has 4 rings (SSSR count). The predicted octanol–water partition coefficient (Wildman–Crippen LogP) is 3.78. The Morgan fingerprint density at radius 2 is 1.81 bits per heavy atom. The van der Waals surface area contributed by atoms with Crippen LogP contribution in [0.5, 0.6) is 0 Å². The van der Waals surface area contributed by atoms with Crippen LogP contribution in [0.1, 0.15) is 5.56 Å². The molecule has 0 aliphatic rings. The first-order chi connectivity index (χ1) is 12.9. The Bertz CT molecular complexity index is 994. The number of aromatic nitrogens is 4. The van der Waals surface area contributed by atoms with E-state index in [0.29, 0.717) is 5.82 Å². The van der Waals surface area contributed by atoms with Gasteiger partial charge < -0.3 is 0 Å². The van der Waals surface area contributed by atoms with Crippen molar-refractivity contribution >= 4 is 12.0 Å². The van der Waals surface area contributed by atoms with Gasteiger partial charge in [-0.15, -0.1) is 0 Å². The molecule has 1 N–H and O–H groups in total. The monoisotopic (exact) mass is 340 g/mol. The van der Waals surface area contributed by atoms with E-state index in [1.54, 1.807) is 24.8 Å². The van der Waals surface area contributed by atoms with E-state index in [1.807, 2.05) is 71.5 Å². The van der Waals surface area contributed by atoms with Gasteiger partial charge in [0.2, 0.25) is 0 Å². The highest BCUT2D eigenvalue weighted by molar-refractivity contribution is 5.89. The summed E-state index contributed by atoms with van der Waals surface area (Å²) in [5.74, 6) is 0.683. The van der Waals surface area contributed by atoms with Gasteiger partial charge in [0, 0.05) is 35.9 Å². The van der Waals surface area contributed by atoms with Gasteiger partial charge in [-0.1, -0.05) is 24.3 Å². The lowest BCUT2D eigenvalue weighted by Crippen LogP contribution is -1.94. The number of hydrogen-bond donors (Lipinski definition) is 1. The Kier molecular flexibility index (Phi) is 4.47. The van der Waals surface area contributed by atoms with Crippen LogP contribution in [0.2, 0.25) is 0 Å². The lowest BCUT2D eigenvalue weighted by molar-refractivity contribution is 0.884. The van der Waals surface area contributed by atoms with Crippen molar-refractivity contribution in [3.8, 4) is 16.9 Å². The number of nitrogens with one attached hydrogen (secondary N) is 1. The summed E-state index contributed by atoms with van der Waals surface area (Å²) in [7, 11) is 0. The van der Waals surface area contributed by atoms with Gasteiger partial charge in [-0.05, 0) is 36.4 Å². The van der Waals surface area contributed by atoms with E-state index in [0.717, 1.165) is 22.5 Å². The summed E-state index contributed by atoms with van der Waals surface area (Å²) in [6.45, 7) is 0. The molecule has 3 heterocycles. The molecule has 0 radical (unpaired) electrons. The number of pyridine rings is 2. The zero-order valence-electron chi connectivity index (χ0n) is 13.9. The quantitative estimate of drug-likeness (QED) is 0.443. The number of anilines is 1. The number of nitrogens with zero attached hydrogens (tertiary/aromatic N) is 5. The van der Waals surface area contributed by atoms with Crippen LogP contribution in [0.3, 0.4) is 0 Å². The Labute approximate surface area is 150 Å². The van der Waals surface area contributed by atoms with Gasteiger partial charge in [0.05, 0.1) is 11.9 Å². The molecular formula is C20H16N6. The van der Waals surface area contributed by atoms with Crippen LogP contribution in [0.25, 0.3) is 16.9 Å². The number of para-hydroxylation sites is 1. The lowest BCUT2D eigenvalue weighted by Gasteiger charge is -2.00. The molecule has 0 spiro atoms. The van der Waals surface area contributed by atoms with E-state index >= 15 is 0 Å². The van der Waals surface area contributed by atoms with Crippen molar-refractivity contribution in [2.45, 2.75) is 0 Å². The molecule has 0 amide bonds. The van der Waals surface area contributed by atoms with Crippen LogP contribution in [-0.2, 0) is 0 Å². The maximum atomic E-state index is 4.72. The Morgan fingerprint density at radius 1 is 0.923 bits per heavy atom. The fourth-order valence-electron chi connectivity index (χ4n) is 2.52. The molecule has 0 atom stereocenters. The summed E-state index contributed by atoms with van der Waals surface area (Å²) in [5.41, 5.74) is 6.53. The smallest absolute Gasteiger partial charge is 0.146 e. The van der Waals surface area contributed by atoms with Crippen molar-refractivity contribution in [1.82, 2.24) is 19.7 Å². The molecule has 1 aromatic carbocycles. The highest BCUT2D eigenvalue weighted by Gasteiger charge is 2.11. The molecule has 0 aliphatic heterocycles. The van der Waals surface area contributed by atoms with Crippen LogP contribution in [0.4, 0.5) is 5.82 Å². The van der Waals surface area contributed by atoms with Crippen LogP contribution in [0.15, 0.2) is 90.6 Å². The summed E-state index contributed by atoms with van der Waals surface area (Å²) in [5, 5.41) is 9.01. The zero-order valence-corrected chi connectivity index (χ0v) is 13.9. The molecule has 26 heavy (non-hydrogen) atoms. The van der Waals surface area contributed by atoms with Crippen LogP contribution >= 0.6 is 0 Å². The van der Waals surface area contributed by atoms with Crippen molar-refractivity contribution < 1.29 is 0 Å². The van der Waals surface area contributed by atoms with E-state index < -0.39 is 0 Å². The summed E-state index contributed by atoms with van der Waals surface area (Å²) in [4.78, 5) is 8.38.